The minimum atomic E-state index is -0.627. The fraction of sp³-hybridized carbons (Fsp3) is 0.412. The maximum Gasteiger partial charge on any atom is 0.435 e. The number of nitrogens with two attached hydrogens (primary N) is 1. The highest BCUT2D eigenvalue weighted by molar-refractivity contribution is 5.81. The van der Waals surface area contributed by atoms with Crippen LogP contribution in [0.1, 0.15) is 45.2 Å². The van der Waals surface area contributed by atoms with Gasteiger partial charge in [-0.25, -0.2) is 9.18 Å². The first-order valence-corrected chi connectivity index (χ1v) is 7.64. The Hall–Kier alpha value is -2.37. The molecule has 1 aliphatic rings. The van der Waals surface area contributed by atoms with Crippen molar-refractivity contribution in [3.63, 3.8) is 0 Å². The number of aromatic nitrogens is 2. The van der Waals surface area contributed by atoms with Crippen molar-refractivity contribution in [3.8, 4) is 11.3 Å². The highest BCUT2D eigenvalue weighted by Gasteiger charge is 2.35. The first-order chi connectivity index (χ1) is 10.8. The average Bonchev–Trinajstić information content (AvgIpc) is 3.20. The fourth-order valence-corrected chi connectivity index (χ4v) is 2.49. The Morgan fingerprint density at radius 3 is 2.65 bits per heavy atom. The Morgan fingerprint density at radius 2 is 2.09 bits per heavy atom. The van der Waals surface area contributed by atoms with Crippen LogP contribution >= 0.6 is 0 Å². The SMILES string of the molecule is CC(C)(C)OC(=O)n1nc(-c2cccc(F)c2)c(N)c1C1CC1. The average molecular weight is 317 g/mol. The summed E-state index contributed by atoms with van der Waals surface area (Å²) in [7, 11) is 0. The molecule has 0 atom stereocenters. The van der Waals surface area contributed by atoms with E-state index in [0.717, 1.165) is 12.8 Å². The lowest BCUT2D eigenvalue weighted by Crippen LogP contribution is -2.28. The predicted octanol–water partition coefficient (Wildman–Crippen LogP) is 3.93. The van der Waals surface area contributed by atoms with Crippen LogP contribution in [0.3, 0.4) is 0 Å². The van der Waals surface area contributed by atoms with Gasteiger partial charge in [-0.05, 0) is 45.7 Å². The molecule has 122 valence electrons. The fourth-order valence-electron chi connectivity index (χ4n) is 2.49. The van der Waals surface area contributed by atoms with Gasteiger partial charge in [0.2, 0.25) is 0 Å². The summed E-state index contributed by atoms with van der Waals surface area (Å²) in [5, 5.41) is 4.32. The Labute approximate surface area is 134 Å². The van der Waals surface area contributed by atoms with E-state index in [1.54, 1.807) is 32.9 Å². The maximum absolute atomic E-state index is 13.5. The lowest BCUT2D eigenvalue weighted by atomic mass is 10.1. The van der Waals surface area contributed by atoms with E-state index in [4.69, 9.17) is 10.5 Å². The standard InChI is InChI=1S/C17H20FN3O2/c1-17(2,3)23-16(22)21-15(10-7-8-10)13(19)14(20-21)11-5-4-6-12(18)9-11/h4-6,9-10H,7-8,19H2,1-3H3. The molecule has 6 heteroatoms. The molecule has 1 aromatic heterocycles. The molecule has 1 fully saturated rings. The van der Waals surface area contributed by atoms with E-state index in [-0.39, 0.29) is 11.7 Å². The third-order valence-corrected chi connectivity index (χ3v) is 3.59. The van der Waals surface area contributed by atoms with Crippen molar-refractivity contribution in [1.29, 1.82) is 0 Å². The molecule has 23 heavy (non-hydrogen) atoms. The number of hydrogen-bond donors (Lipinski definition) is 1. The molecule has 0 bridgehead atoms. The summed E-state index contributed by atoms with van der Waals surface area (Å²) < 4.78 is 20.1. The van der Waals surface area contributed by atoms with Crippen LogP contribution in [-0.4, -0.2) is 21.5 Å². The van der Waals surface area contributed by atoms with E-state index in [1.807, 2.05) is 0 Å². The molecule has 0 saturated heterocycles. The third kappa shape index (κ3) is 3.21. The van der Waals surface area contributed by atoms with Gasteiger partial charge in [0.25, 0.3) is 0 Å². The summed E-state index contributed by atoms with van der Waals surface area (Å²) in [6.45, 7) is 5.38. The van der Waals surface area contributed by atoms with Crippen LogP contribution in [0.4, 0.5) is 14.9 Å². The molecular formula is C17H20FN3O2. The molecule has 5 nitrogen and oxygen atoms in total. The second-order valence-corrected chi connectivity index (χ2v) is 6.82. The van der Waals surface area contributed by atoms with Crippen molar-refractivity contribution in [2.24, 2.45) is 0 Å². The Kier molecular flexibility index (Phi) is 3.62. The highest BCUT2D eigenvalue weighted by Crippen LogP contribution is 2.45. The van der Waals surface area contributed by atoms with E-state index in [2.05, 4.69) is 5.10 Å². The smallest absolute Gasteiger partial charge is 0.435 e. The summed E-state index contributed by atoms with van der Waals surface area (Å²) in [6, 6.07) is 6.02. The summed E-state index contributed by atoms with van der Waals surface area (Å²) >= 11 is 0. The first kappa shape index (κ1) is 15.5. The number of ether oxygens (including phenoxy) is 1. The van der Waals surface area contributed by atoms with Gasteiger partial charge >= 0.3 is 6.09 Å². The first-order valence-electron chi connectivity index (χ1n) is 7.64. The van der Waals surface area contributed by atoms with Gasteiger partial charge in [-0.1, -0.05) is 12.1 Å². The number of benzene rings is 1. The molecule has 1 aromatic carbocycles. The van der Waals surface area contributed by atoms with Gasteiger partial charge in [0.15, 0.2) is 0 Å². The molecule has 1 aliphatic carbocycles. The van der Waals surface area contributed by atoms with Crippen LogP contribution < -0.4 is 5.73 Å². The number of halogens is 1. The maximum atomic E-state index is 13.5. The Balaban J connectivity index is 2.06. The molecule has 0 radical (unpaired) electrons. The van der Waals surface area contributed by atoms with E-state index >= 15 is 0 Å². The molecule has 1 heterocycles. The quantitative estimate of drug-likeness (QED) is 0.911. The molecular weight excluding hydrogens is 297 g/mol. The van der Waals surface area contributed by atoms with Crippen molar-refractivity contribution in [2.75, 3.05) is 5.73 Å². The molecule has 2 aromatic rings. The number of carbonyl (C=O) groups is 1. The second kappa shape index (κ2) is 5.37. The number of hydrogen-bond acceptors (Lipinski definition) is 4. The van der Waals surface area contributed by atoms with E-state index in [9.17, 15) is 9.18 Å². The monoisotopic (exact) mass is 317 g/mol. The largest absolute Gasteiger partial charge is 0.442 e. The molecule has 0 spiro atoms. The number of nitrogens with zero attached hydrogens (tertiary/aromatic N) is 2. The number of anilines is 1. The number of nitrogen functional groups attached to an aromatic ring is 1. The van der Waals surface area contributed by atoms with Crippen molar-refractivity contribution in [3.05, 3.63) is 35.8 Å². The normalized spacial score (nSPS) is 14.8. The Bertz CT molecular complexity index is 758. The summed E-state index contributed by atoms with van der Waals surface area (Å²) in [5.41, 5.74) is 7.64. The topological polar surface area (TPSA) is 70.1 Å². The third-order valence-electron chi connectivity index (χ3n) is 3.59. The van der Waals surface area contributed by atoms with Gasteiger partial charge < -0.3 is 10.5 Å². The summed E-state index contributed by atoms with van der Waals surface area (Å²) in [4.78, 5) is 12.4. The zero-order chi connectivity index (χ0) is 16.8. The predicted molar refractivity (Wildman–Crippen MR) is 85.6 cm³/mol. The molecule has 1 saturated carbocycles. The number of rotatable bonds is 2. The van der Waals surface area contributed by atoms with Crippen molar-refractivity contribution >= 4 is 11.8 Å². The van der Waals surface area contributed by atoms with Crippen LogP contribution in [0.5, 0.6) is 0 Å². The lowest BCUT2D eigenvalue weighted by Gasteiger charge is -2.19. The van der Waals surface area contributed by atoms with Crippen LogP contribution in [0.15, 0.2) is 24.3 Å². The minimum absolute atomic E-state index is 0.206. The van der Waals surface area contributed by atoms with Crippen molar-refractivity contribution in [1.82, 2.24) is 9.78 Å². The second-order valence-electron chi connectivity index (χ2n) is 6.82. The van der Waals surface area contributed by atoms with E-state index in [1.165, 1.54) is 16.8 Å². The van der Waals surface area contributed by atoms with Gasteiger partial charge in [0.1, 0.15) is 17.1 Å². The number of carbonyl (C=O) groups excluding carboxylic acids is 1. The molecule has 2 N–H and O–H groups in total. The van der Waals surface area contributed by atoms with Gasteiger partial charge in [0, 0.05) is 11.5 Å². The van der Waals surface area contributed by atoms with Gasteiger partial charge in [-0.2, -0.15) is 9.78 Å². The van der Waals surface area contributed by atoms with Crippen LogP contribution in [-0.2, 0) is 4.74 Å². The zero-order valence-corrected chi connectivity index (χ0v) is 13.5. The molecule has 0 aliphatic heterocycles. The van der Waals surface area contributed by atoms with E-state index < -0.39 is 11.7 Å². The van der Waals surface area contributed by atoms with Gasteiger partial charge in [-0.15, -0.1) is 0 Å². The van der Waals surface area contributed by atoms with Crippen LogP contribution in [0.2, 0.25) is 0 Å². The molecule has 0 amide bonds. The van der Waals surface area contributed by atoms with Crippen LogP contribution in [0, 0.1) is 5.82 Å². The minimum Gasteiger partial charge on any atom is -0.442 e. The zero-order valence-electron chi connectivity index (χ0n) is 13.5. The highest BCUT2D eigenvalue weighted by atomic mass is 19.1. The van der Waals surface area contributed by atoms with Gasteiger partial charge in [-0.3, -0.25) is 0 Å². The molecule has 3 rings (SSSR count). The van der Waals surface area contributed by atoms with Gasteiger partial charge in [0.05, 0.1) is 11.4 Å². The summed E-state index contributed by atoms with van der Waals surface area (Å²) in [5.74, 6) is -0.168. The summed E-state index contributed by atoms with van der Waals surface area (Å²) in [6.07, 6.45) is 1.36. The van der Waals surface area contributed by atoms with E-state index in [0.29, 0.717) is 22.6 Å². The van der Waals surface area contributed by atoms with Crippen LogP contribution in [0.25, 0.3) is 11.3 Å². The van der Waals surface area contributed by atoms with Crippen molar-refractivity contribution in [2.45, 2.75) is 45.1 Å². The molecule has 0 unspecified atom stereocenters. The van der Waals surface area contributed by atoms with Crippen molar-refractivity contribution < 1.29 is 13.9 Å². The lowest BCUT2D eigenvalue weighted by molar-refractivity contribution is 0.0510. The Morgan fingerprint density at radius 1 is 1.39 bits per heavy atom.